The maximum absolute atomic E-state index is 9.00. The quantitative estimate of drug-likeness (QED) is 0.812. The Morgan fingerprint density at radius 1 is 1.44 bits per heavy atom. The molecule has 88 valence electrons. The van der Waals surface area contributed by atoms with Crippen LogP contribution in [-0.4, -0.2) is 24.4 Å². The predicted molar refractivity (Wildman–Crippen MR) is 63.7 cm³/mol. The zero-order valence-corrected chi connectivity index (χ0v) is 9.86. The minimum Gasteiger partial charge on any atom is -0.493 e. The van der Waals surface area contributed by atoms with E-state index < -0.39 is 0 Å². The van der Waals surface area contributed by atoms with E-state index in [1.165, 1.54) is 11.1 Å². The van der Waals surface area contributed by atoms with Crippen molar-refractivity contribution < 1.29 is 9.84 Å². The van der Waals surface area contributed by atoms with Crippen LogP contribution in [0.4, 0.5) is 0 Å². The molecule has 1 aliphatic rings. The van der Waals surface area contributed by atoms with Gasteiger partial charge in [-0.2, -0.15) is 0 Å². The second-order valence-corrected chi connectivity index (χ2v) is 4.44. The first kappa shape index (κ1) is 11.4. The summed E-state index contributed by atoms with van der Waals surface area (Å²) < 4.78 is 5.48. The first-order valence-corrected chi connectivity index (χ1v) is 5.83. The Hall–Kier alpha value is -1.06. The second-order valence-electron chi connectivity index (χ2n) is 4.44. The Bertz CT molecular complexity index is 365. The van der Waals surface area contributed by atoms with Crippen LogP contribution in [0, 0.1) is 0 Å². The summed E-state index contributed by atoms with van der Waals surface area (Å²) in [7, 11) is 0. The Labute approximate surface area is 96.4 Å². The molecule has 2 N–H and O–H groups in total. The van der Waals surface area contributed by atoms with Crippen molar-refractivity contribution in [3.63, 3.8) is 0 Å². The molecular weight excluding hydrogens is 202 g/mol. The largest absolute Gasteiger partial charge is 0.493 e. The molecule has 0 fully saturated rings. The lowest BCUT2D eigenvalue weighted by Gasteiger charge is -2.19. The summed E-state index contributed by atoms with van der Waals surface area (Å²) >= 11 is 0. The first-order valence-electron chi connectivity index (χ1n) is 5.83. The third-order valence-corrected chi connectivity index (χ3v) is 3.02. The Balaban J connectivity index is 2.09. The van der Waals surface area contributed by atoms with E-state index in [-0.39, 0.29) is 18.7 Å². The zero-order valence-electron chi connectivity index (χ0n) is 9.86. The van der Waals surface area contributed by atoms with E-state index in [4.69, 9.17) is 9.84 Å². The minimum absolute atomic E-state index is 0.125. The summed E-state index contributed by atoms with van der Waals surface area (Å²) in [6.07, 6.45) is 1.01. The molecule has 0 bridgehead atoms. The van der Waals surface area contributed by atoms with E-state index >= 15 is 0 Å². The number of aliphatic hydroxyl groups is 1. The molecule has 0 saturated heterocycles. The van der Waals surface area contributed by atoms with Gasteiger partial charge in [0.2, 0.25) is 0 Å². The highest BCUT2D eigenvalue weighted by Gasteiger charge is 2.15. The zero-order chi connectivity index (χ0) is 11.5. The second kappa shape index (κ2) is 4.85. The van der Waals surface area contributed by atoms with Crippen LogP contribution >= 0.6 is 0 Å². The Kier molecular flexibility index (Phi) is 3.46. The molecule has 0 radical (unpaired) electrons. The summed E-state index contributed by atoms with van der Waals surface area (Å²) in [5, 5.41) is 12.3. The van der Waals surface area contributed by atoms with Crippen molar-refractivity contribution in [2.45, 2.75) is 32.4 Å². The number of ether oxygens (including phenoxy) is 1. The molecule has 0 spiro atoms. The van der Waals surface area contributed by atoms with Crippen molar-refractivity contribution in [2.75, 3.05) is 13.2 Å². The summed E-state index contributed by atoms with van der Waals surface area (Å²) in [5.41, 5.74) is 2.55. The molecule has 1 heterocycles. The van der Waals surface area contributed by atoms with Crippen LogP contribution in [0.15, 0.2) is 18.2 Å². The Morgan fingerprint density at radius 2 is 2.25 bits per heavy atom. The van der Waals surface area contributed by atoms with Crippen molar-refractivity contribution in [1.29, 1.82) is 0 Å². The maximum atomic E-state index is 9.00. The van der Waals surface area contributed by atoms with Crippen LogP contribution in [0.2, 0.25) is 0 Å². The number of hydrogen-bond donors (Lipinski definition) is 2. The normalized spacial score (nSPS) is 17.7. The fourth-order valence-electron chi connectivity index (χ4n) is 2.05. The monoisotopic (exact) mass is 221 g/mol. The molecule has 1 aliphatic heterocycles. The minimum atomic E-state index is 0.125. The molecule has 16 heavy (non-hydrogen) atoms. The van der Waals surface area contributed by atoms with Gasteiger partial charge in [-0.25, -0.2) is 0 Å². The van der Waals surface area contributed by atoms with Crippen molar-refractivity contribution in [3.05, 3.63) is 29.3 Å². The molecule has 1 aromatic rings. The third kappa shape index (κ3) is 2.36. The van der Waals surface area contributed by atoms with Gasteiger partial charge in [0.05, 0.1) is 13.2 Å². The molecule has 2 atom stereocenters. The highest BCUT2D eigenvalue weighted by molar-refractivity contribution is 5.40. The van der Waals surface area contributed by atoms with Crippen LogP contribution in [0.5, 0.6) is 5.75 Å². The van der Waals surface area contributed by atoms with Gasteiger partial charge < -0.3 is 15.2 Å². The molecule has 0 saturated carbocycles. The topological polar surface area (TPSA) is 41.5 Å². The summed E-state index contributed by atoms with van der Waals surface area (Å²) in [6, 6.07) is 6.71. The van der Waals surface area contributed by atoms with Gasteiger partial charge in [-0.15, -0.1) is 0 Å². The fraction of sp³-hybridized carbons (Fsp3) is 0.538. The fourth-order valence-corrected chi connectivity index (χ4v) is 2.05. The molecular formula is C13H19NO2. The van der Waals surface area contributed by atoms with Crippen LogP contribution in [0.1, 0.15) is 31.0 Å². The maximum Gasteiger partial charge on any atom is 0.122 e. The first-order chi connectivity index (χ1) is 7.70. The number of nitrogens with one attached hydrogen (secondary N) is 1. The van der Waals surface area contributed by atoms with Gasteiger partial charge in [0.1, 0.15) is 5.75 Å². The SMILES string of the molecule is CC(N[C@H](C)CO)c1ccc2c(c1)CCO2. The van der Waals surface area contributed by atoms with Gasteiger partial charge in [0.25, 0.3) is 0 Å². The third-order valence-electron chi connectivity index (χ3n) is 3.02. The van der Waals surface area contributed by atoms with Gasteiger partial charge in [0.15, 0.2) is 0 Å². The van der Waals surface area contributed by atoms with Gasteiger partial charge in [0, 0.05) is 18.5 Å². The lowest BCUT2D eigenvalue weighted by molar-refractivity contribution is 0.243. The predicted octanol–water partition coefficient (Wildman–Crippen LogP) is 1.65. The van der Waals surface area contributed by atoms with E-state index in [0.29, 0.717) is 0 Å². The molecule has 1 aromatic carbocycles. The molecule has 0 aliphatic carbocycles. The summed E-state index contributed by atoms with van der Waals surface area (Å²) in [5.74, 6) is 1.02. The molecule has 1 unspecified atom stereocenters. The number of hydrogen-bond acceptors (Lipinski definition) is 3. The van der Waals surface area contributed by atoms with Gasteiger partial charge >= 0.3 is 0 Å². The number of rotatable bonds is 4. The van der Waals surface area contributed by atoms with E-state index in [0.717, 1.165) is 18.8 Å². The van der Waals surface area contributed by atoms with E-state index in [1.807, 2.05) is 13.0 Å². The van der Waals surface area contributed by atoms with Gasteiger partial charge in [-0.3, -0.25) is 0 Å². The standard InChI is InChI=1S/C13H19NO2/c1-9(8-15)14-10(2)11-3-4-13-12(7-11)5-6-16-13/h3-4,7,9-10,14-15H,5-6,8H2,1-2H3/t9-,10?/m1/s1. The van der Waals surface area contributed by atoms with Crippen molar-refractivity contribution >= 4 is 0 Å². The van der Waals surface area contributed by atoms with E-state index in [9.17, 15) is 0 Å². The highest BCUT2D eigenvalue weighted by atomic mass is 16.5. The lowest BCUT2D eigenvalue weighted by Crippen LogP contribution is -2.31. The lowest BCUT2D eigenvalue weighted by atomic mass is 10.0. The average Bonchev–Trinajstić information content (AvgIpc) is 2.75. The average molecular weight is 221 g/mol. The van der Waals surface area contributed by atoms with Crippen molar-refractivity contribution in [1.82, 2.24) is 5.32 Å². The molecule has 0 amide bonds. The van der Waals surface area contributed by atoms with Crippen LogP contribution in [-0.2, 0) is 6.42 Å². The molecule has 3 heteroatoms. The van der Waals surface area contributed by atoms with E-state index in [2.05, 4.69) is 24.4 Å². The molecule has 3 nitrogen and oxygen atoms in total. The molecule has 2 rings (SSSR count). The summed E-state index contributed by atoms with van der Waals surface area (Å²) in [6.45, 7) is 5.06. The number of fused-ring (bicyclic) bond motifs is 1. The molecule has 0 aromatic heterocycles. The van der Waals surface area contributed by atoms with Crippen molar-refractivity contribution in [3.8, 4) is 5.75 Å². The number of aliphatic hydroxyl groups excluding tert-OH is 1. The van der Waals surface area contributed by atoms with Crippen molar-refractivity contribution in [2.24, 2.45) is 0 Å². The van der Waals surface area contributed by atoms with Crippen LogP contribution in [0.25, 0.3) is 0 Å². The van der Waals surface area contributed by atoms with E-state index in [1.54, 1.807) is 0 Å². The van der Waals surface area contributed by atoms with Crippen LogP contribution < -0.4 is 10.1 Å². The summed E-state index contributed by atoms with van der Waals surface area (Å²) in [4.78, 5) is 0. The number of benzene rings is 1. The highest BCUT2D eigenvalue weighted by Crippen LogP contribution is 2.28. The van der Waals surface area contributed by atoms with Crippen LogP contribution in [0.3, 0.4) is 0 Å². The Morgan fingerprint density at radius 3 is 3.00 bits per heavy atom. The van der Waals surface area contributed by atoms with Gasteiger partial charge in [-0.05, 0) is 31.0 Å². The van der Waals surface area contributed by atoms with Gasteiger partial charge in [-0.1, -0.05) is 12.1 Å². The smallest absolute Gasteiger partial charge is 0.122 e.